The molecule has 1 saturated carbocycles. The second-order valence-electron chi connectivity index (χ2n) is 4.97. The maximum atomic E-state index is 11.0. The average molecular weight is 343 g/mol. The molecule has 1 aromatic carbocycles. The summed E-state index contributed by atoms with van der Waals surface area (Å²) < 4.78 is 0.415. The summed E-state index contributed by atoms with van der Waals surface area (Å²) in [4.78, 5) is 21.3. The van der Waals surface area contributed by atoms with Crippen LogP contribution in [0.5, 0.6) is 0 Å². The number of anilines is 1. The normalized spacial score (nSPS) is 22.2. The molecule has 1 aromatic rings. The quantitative estimate of drug-likeness (QED) is 0.646. The van der Waals surface area contributed by atoms with Crippen LogP contribution in [0.15, 0.2) is 22.7 Å². The molecule has 0 radical (unpaired) electrons. The van der Waals surface area contributed by atoms with Crippen molar-refractivity contribution < 1.29 is 14.8 Å². The van der Waals surface area contributed by atoms with Crippen molar-refractivity contribution in [3.8, 4) is 0 Å². The van der Waals surface area contributed by atoms with E-state index in [9.17, 15) is 14.9 Å². The van der Waals surface area contributed by atoms with Crippen LogP contribution in [-0.4, -0.2) is 22.0 Å². The highest BCUT2D eigenvalue weighted by atomic mass is 79.9. The summed E-state index contributed by atoms with van der Waals surface area (Å²) in [6.07, 6.45) is 3.10. The standard InChI is InChI=1S/C13H15BrN2O4/c14-11-7-10(4-5-12(11)16(19)20)15-9-3-1-2-8(6-9)13(17)18/h4-5,7-9,15H,1-3,6H2,(H,17,18). The number of rotatable bonds is 4. The van der Waals surface area contributed by atoms with E-state index >= 15 is 0 Å². The first-order valence-electron chi connectivity index (χ1n) is 6.40. The van der Waals surface area contributed by atoms with Crippen LogP contribution in [0, 0.1) is 16.0 Å². The molecule has 0 heterocycles. The number of nitrogens with one attached hydrogen (secondary N) is 1. The highest BCUT2D eigenvalue weighted by Crippen LogP contribution is 2.31. The van der Waals surface area contributed by atoms with Gasteiger partial charge in [0.05, 0.1) is 15.3 Å². The summed E-state index contributed by atoms with van der Waals surface area (Å²) in [7, 11) is 0. The third-order valence-electron chi connectivity index (χ3n) is 3.54. The Morgan fingerprint density at radius 2 is 2.20 bits per heavy atom. The minimum Gasteiger partial charge on any atom is -0.481 e. The number of halogens is 1. The number of hydrogen-bond acceptors (Lipinski definition) is 4. The molecule has 2 N–H and O–H groups in total. The summed E-state index contributed by atoms with van der Waals surface area (Å²) in [6.45, 7) is 0. The van der Waals surface area contributed by atoms with Gasteiger partial charge in [0.2, 0.25) is 0 Å². The van der Waals surface area contributed by atoms with E-state index in [4.69, 9.17) is 5.11 Å². The van der Waals surface area contributed by atoms with Gasteiger partial charge in [-0.25, -0.2) is 0 Å². The largest absolute Gasteiger partial charge is 0.481 e. The topological polar surface area (TPSA) is 92.5 Å². The molecule has 7 heteroatoms. The molecule has 2 rings (SSSR count). The lowest BCUT2D eigenvalue weighted by Crippen LogP contribution is -2.30. The minimum absolute atomic E-state index is 0.0163. The lowest BCUT2D eigenvalue weighted by molar-refractivity contribution is -0.385. The van der Waals surface area contributed by atoms with Crippen LogP contribution >= 0.6 is 15.9 Å². The molecule has 0 bridgehead atoms. The molecule has 0 spiro atoms. The summed E-state index contributed by atoms with van der Waals surface area (Å²) in [5.41, 5.74) is 0.779. The van der Waals surface area contributed by atoms with Crippen molar-refractivity contribution in [2.75, 3.05) is 5.32 Å². The van der Waals surface area contributed by atoms with E-state index in [1.807, 2.05) is 0 Å². The van der Waals surface area contributed by atoms with Gasteiger partial charge < -0.3 is 10.4 Å². The van der Waals surface area contributed by atoms with Crippen molar-refractivity contribution >= 4 is 33.3 Å². The van der Waals surface area contributed by atoms with Crippen molar-refractivity contribution in [2.45, 2.75) is 31.7 Å². The molecule has 1 aliphatic carbocycles. The van der Waals surface area contributed by atoms with Crippen LogP contribution in [0.3, 0.4) is 0 Å². The molecule has 0 aliphatic heterocycles. The SMILES string of the molecule is O=C(O)C1CCCC(Nc2ccc([N+](=O)[O-])c(Br)c2)C1. The van der Waals surface area contributed by atoms with Crippen molar-refractivity contribution in [1.82, 2.24) is 0 Å². The molecule has 2 unspecified atom stereocenters. The molecule has 20 heavy (non-hydrogen) atoms. The molecular weight excluding hydrogens is 328 g/mol. The van der Waals surface area contributed by atoms with E-state index in [-0.39, 0.29) is 17.6 Å². The van der Waals surface area contributed by atoms with Gasteiger partial charge >= 0.3 is 5.97 Å². The number of nitrogens with zero attached hydrogens (tertiary/aromatic N) is 1. The predicted molar refractivity (Wildman–Crippen MR) is 77.8 cm³/mol. The summed E-state index contributed by atoms with van der Waals surface area (Å²) >= 11 is 3.17. The van der Waals surface area contributed by atoms with Gasteiger partial charge in [-0.05, 0) is 47.3 Å². The van der Waals surface area contributed by atoms with Crippen molar-refractivity contribution in [2.24, 2.45) is 5.92 Å². The van der Waals surface area contributed by atoms with E-state index in [1.165, 1.54) is 6.07 Å². The Balaban J connectivity index is 2.04. The molecule has 2 atom stereocenters. The number of carboxylic acid groups (broad SMARTS) is 1. The van der Waals surface area contributed by atoms with Crippen molar-refractivity contribution in [1.29, 1.82) is 0 Å². The number of nitro benzene ring substituents is 1. The van der Waals surface area contributed by atoms with Gasteiger partial charge in [-0.15, -0.1) is 0 Å². The molecule has 108 valence electrons. The Morgan fingerprint density at radius 1 is 1.45 bits per heavy atom. The van der Waals surface area contributed by atoms with Crippen molar-refractivity contribution in [3.05, 3.63) is 32.8 Å². The van der Waals surface area contributed by atoms with Gasteiger partial charge in [-0.2, -0.15) is 0 Å². The second-order valence-corrected chi connectivity index (χ2v) is 5.82. The number of benzene rings is 1. The highest BCUT2D eigenvalue weighted by Gasteiger charge is 2.27. The Morgan fingerprint density at radius 3 is 2.80 bits per heavy atom. The van der Waals surface area contributed by atoms with Gasteiger partial charge in [-0.1, -0.05) is 6.42 Å². The van der Waals surface area contributed by atoms with Gasteiger partial charge in [-0.3, -0.25) is 14.9 Å². The highest BCUT2D eigenvalue weighted by molar-refractivity contribution is 9.10. The zero-order valence-corrected chi connectivity index (χ0v) is 12.3. The minimum atomic E-state index is -0.749. The van der Waals surface area contributed by atoms with E-state index in [0.717, 1.165) is 24.9 Å². The summed E-state index contributed by atoms with van der Waals surface area (Å²) in [5, 5.41) is 23.0. The smallest absolute Gasteiger partial charge is 0.306 e. The predicted octanol–water partition coefficient (Wildman–Crippen LogP) is 3.41. The van der Waals surface area contributed by atoms with Crippen LogP contribution in [-0.2, 0) is 4.79 Å². The molecule has 1 fully saturated rings. The first-order valence-corrected chi connectivity index (χ1v) is 7.20. The van der Waals surface area contributed by atoms with E-state index < -0.39 is 10.9 Å². The molecule has 0 saturated heterocycles. The van der Waals surface area contributed by atoms with Crippen LogP contribution in [0.4, 0.5) is 11.4 Å². The van der Waals surface area contributed by atoms with Gasteiger partial charge in [0.25, 0.3) is 5.69 Å². The third kappa shape index (κ3) is 3.47. The summed E-state index contributed by atoms with van der Waals surface area (Å²) in [5.74, 6) is -1.05. The number of hydrogen-bond donors (Lipinski definition) is 2. The van der Waals surface area contributed by atoms with E-state index in [0.29, 0.717) is 10.9 Å². The van der Waals surface area contributed by atoms with Crippen LogP contribution in [0.2, 0.25) is 0 Å². The van der Waals surface area contributed by atoms with E-state index in [2.05, 4.69) is 21.2 Å². The van der Waals surface area contributed by atoms with Crippen LogP contribution < -0.4 is 5.32 Å². The number of carbonyl (C=O) groups is 1. The number of nitro groups is 1. The maximum absolute atomic E-state index is 11.0. The fraction of sp³-hybridized carbons (Fsp3) is 0.462. The fourth-order valence-corrected chi connectivity index (χ4v) is 3.05. The van der Waals surface area contributed by atoms with Crippen LogP contribution in [0.25, 0.3) is 0 Å². The second kappa shape index (κ2) is 6.21. The zero-order chi connectivity index (χ0) is 14.7. The Hall–Kier alpha value is -1.63. The third-order valence-corrected chi connectivity index (χ3v) is 4.17. The first kappa shape index (κ1) is 14.8. The van der Waals surface area contributed by atoms with Gasteiger partial charge in [0.15, 0.2) is 0 Å². The lowest BCUT2D eigenvalue weighted by Gasteiger charge is -2.28. The molecule has 0 aromatic heterocycles. The maximum Gasteiger partial charge on any atom is 0.306 e. The average Bonchev–Trinajstić information content (AvgIpc) is 2.38. The zero-order valence-electron chi connectivity index (χ0n) is 10.7. The first-order chi connectivity index (χ1) is 9.47. The fourth-order valence-electron chi connectivity index (χ4n) is 2.53. The monoisotopic (exact) mass is 342 g/mol. The molecular formula is C13H15BrN2O4. The Bertz CT molecular complexity index is 535. The van der Waals surface area contributed by atoms with Crippen molar-refractivity contribution in [3.63, 3.8) is 0 Å². The molecule has 6 nitrogen and oxygen atoms in total. The number of aliphatic carboxylic acids is 1. The summed E-state index contributed by atoms with van der Waals surface area (Å²) in [6, 6.07) is 4.83. The Labute approximate surface area is 124 Å². The van der Waals surface area contributed by atoms with Gasteiger partial charge in [0.1, 0.15) is 0 Å². The van der Waals surface area contributed by atoms with Gasteiger partial charge in [0, 0.05) is 17.8 Å². The Kier molecular flexibility index (Phi) is 4.59. The lowest BCUT2D eigenvalue weighted by atomic mass is 9.85. The molecule has 1 aliphatic rings. The number of carboxylic acids is 1. The molecule has 0 amide bonds. The van der Waals surface area contributed by atoms with Crippen LogP contribution in [0.1, 0.15) is 25.7 Å². The van der Waals surface area contributed by atoms with E-state index in [1.54, 1.807) is 12.1 Å².